The van der Waals surface area contributed by atoms with Crippen LogP contribution in [-0.4, -0.2) is 42.3 Å². The molecule has 0 bridgehead atoms. The molecular formula is C11H17F3N4. The van der Waals surface area contributed by atoms with Gasteiger partial charge in [0.25, 0.3) is 0 Å². The van der Waals surface area contributed by atoms with Crippen molar-refractivity contribution >= 4 is 5.82 Å². The summed E-state index contributed by atoms with van der Waals surface area (Å²) in [4.78, 5) is 2.08. The van der Waals surface area contributed by atoms with Crippen LogP contribution < -0.4 is 5.32 Å². The maximum absolute atomic E-state index is 12.2. The molecule has 7 heteroatoms. The molecule has 0 radical (unpaired) electrons. The van der Waals surface area contributed by atoms with Gasteiger partial charge in [0, 0.05) is 6.54 Å². The number of alkyl halides is 3. The van der Waals surface area contributed by atoms with E-state index < -0.39 is 11.9 Å². The first-order valence-corrected chi connectivity index (χ1v) is 5.69. The monoisotopic (exact) mass is 262 g/mol. The van der Waals surface area contributed by atoms with Crippen LogP contribution in [0, 0.1) is 0 Å². The predicted octanol–water partition coefficient (Wildman–Crippen LogP) is 2.25. The highest BCUT2D eigenvalue weighted by atomic mass is 19.4. The molecule has 0 spiro atoms. The normalized spacial score (nSPS) is 11.9. The van der Waals surface area contributed by atoms with Crippen LogP contribution >= 0.6 is 0 Å². The number of hydrogen-bond acceptors (Lipinski definition) is 4. The summed E-state index contributed by atoms with van der Waals surface area (Å²) in [5, 5.41) is 9.56. The van der Waals surface area contributed by atoms with E-state index in [-0.39, 0.29) is 0 Å². The summed E-state index contributed by atoms with van der Waals surface area (Å²) in [6.07, 6.45) is -2.48. The SMILES string of the molecule is CN(C)CCCCNc1ccc(C(F)(F)F)nn1. The molecule has 0 amide bonds. The van der Waals surface area contributed by atoms with Crippen molar-refractivity contribution in [2.24, 2.45) is 0 Å². The van der Waals surface area contributed by atoms with Gasteiger partial charge in [0.1, 0.15) is 5.82 Å². The average Bonchev–Trinajstić information content (AvgIpc) is 2.27. The lowest BCUT2D eigenvalue weighted by molar-refractivity contribution is -0.141. The van der Waals surface area contributed by atoms with Crippen LogP contribution in [0.5, 0.6) is 0 Å². The molecular weight excluding hydrogens is 245 g/mol. The Morgan fingerprint density at radius 3 is 2.39 bits per heavy atom. The molecule has 0 aliphatic rings. The fourth-order valence-electron chi connectivity index (χ4n) is 1.35. The minimum atomic E-state index is -4.43. The molecule has 0 aliphatic heterocycles. The molecule has 0 atom stereocenters. The van der Waals surface area contributed by atoms with Gasteiger partial charge in [0.15, 0.2) is 5.69 Å². The molecule has 0 aromatic carbocycles. The first-order valence-electron chi connectivity index (χ1n) is 5.69. The summed E-state index contributed by atoms with van der Waals surface area (Å²) >= 11 is 0. The van der Waals surface area contributed by atoms with Crippen molar-refractivity contribution in [1.82, 2.24) is 15.1 Å². The van der Waals surface area contributed by atoms with Crippen molar-refractivity contribution in [3.63, 3.8) is 0 Å². The highest BCUT2D eigenvalue weighted by Crippen LogP contribution is 2.26. The summed E-state index contributed by atoms with van der Waals surface area (Å²) in [7, 11) is 3.99. The van der Waals surface area contributed by atoms with Crippen molar-refractivity contribution in [3.05, 3.63) is 17.8 Å². The number of halogens is 3. The maximum atomic E-state index is 12.2. The van der Waals surface area contributed by atoms with Crippen LogP contribution in [0.4, 0.5) is 19.0 Å². The molecule has 1 heterocycles. The van der Waals surface area contributed by atoms with E-state index in [1.807, 2.05) is 14.1 Å². The van der Waals surface area contributed by atoms with Gasteiger partial charge >= 0.3 is 6.18 Å². The summed E-state index contributed by atoms with van der Waals surface area (Å²) in [6.45, 7) is 1.66. The Kier molecular flexibility index (Phi) is 5.33. The average molecular weight is 262 g/mol. The Morgan fingerprint density at radius 1 is 1.17 bits per heavy atom. The van der Waals surface area contributed by atoms with Crippen molar-refractivity contribution in [2.45, 2.75) is 19.0 Å². The second-order valence-electron chi connectivity index (χ2n) is 4.24. The van der Waals surface area contributed by atoms with Gasteiger partial charge in [-0.05, 0) is 45.6 Å². The minimum Gasteiger partial charge on any atom is -0.369 e. The van der Waals surface area contributed by atoms with E-state index in [1.165, 1.54) is 6.07 Å². The predicted molar refractivity (Wildman–Crippen MR) is 63.3 cm³/mol. The van der Waals surface area contributed by atoms with Crippen LogP contribution in [0.25, 0.3) is 0 Å². The molecule has 102 valence electrons. The zero-order chi connectivity index (χ0) is 13.6. The van der Waals surface area contributed by atoms with Gasteiger partial charge in [-0.3, -0.25) is 0 Å². The lowest BCUT2D eigenvalue weighted by Gasteiger charge is -2.10. The maximum Gasteiger partial charge on any atom is 0.435 e. The highest BCUT2D eigenvalue weighted by Gasteiger charge is 2.32. The molecule has 18 heavy (non-hydrogen) atoms. The van der Waals surface area contributed by atoms with Gasteiger partial charge in [-0.2, -0.15) is 13.2 Å². The third kappa shape index (κ3) is 5.31. The topological polar surface area (TPSA) is 41.0 Å². The van der Waals surface area contributed by atoms with Crippen LogP contribution in [0.15, 0.2) is 12.1 Å². The van der Waals surface area contributed by atoms with Crippen molar-refractivity contribution in [3.8, 4) is 0 Å². The van der Waals surface area contributed by atoms with Gasteiger partial charge in [-0.15, -0.1) is 10.2 Å². The summed E-state index contributed by atoms with van der Waals surface area (Å²) in [5.74, 6) is 0.368. The van der Waals surface area contributed by atoms with E-state index in [2.05, 4.69) is 20.4 Å². The molecule has 1 aromatic rings. The first kappa shape index (κ1) is 14.7. The van der Waals surface area contributed by atoms with Crippen molar-refractivity contribution in [2.75, 3.05) is 32.5 Å². The van der Waals surface area contributed by atoms with Gasteiger partial charge in [0.05, 0.1) is 0 Å². The number of aromatic nitrogens is 2. The first-order chi connectivity index (χ1) is 8.39. The standard InChI is InChI=1S/C11H17F3N4/c1-18(2)8-4-3-7-15-10-6-5-9(16-17-10)11(12,13)14/h5-6H,3-4,7-8H2,1-2H3,(H,15,17). The second-order valence-corrected chi connectivity index (χ2v) is 4.24. The number of anilines is 1. The second kappa shape index (κ2) is 6.53. The third-order valence-corrected chi connectivity index (χ3v) is 2.29. The van der Waals surface area contributed by atoms with E-state index in [0.29, 0.717) is 12.4 Å². The Balaban J connectivity index is 2.31. The lowest BCUT2D eigenvalue weighted by Crippen LogP contribution is -2.14. The van der Waals surface area contributed by atoms with Crippen molar-refractivity contribution in [1.29, 1.82) is 0 Å². The number of hydrogen-bond donors (Lipinski definition) is 1. The van der Waals surface area contributed by atoms with E-state index >= 15 is 0 Å². The van der Waals surface area contributed by atoms with Crippen molar-refractivity contribution < 1.29 is 13.2 Å². The van der Waals surface area contributed by atoms with Crippen LogP contribution in [0.2, 0.25) is 0 Å². The fraction of sp³-hybridized carbons (Fsp3) is 0.636. The molecule has 0 saturated carbocycles. The summed E-state index contributed by atoms with van der Waals surface area (Å²) < 4.78 is 36.7. The third-order valence-electron chi connectivity index (χ3n) is 2.29. The highest BCUT2D eigenvalue weighted by molar-refractivity contribution is 5.33. The summed E-state index contributed by atoms with van der Waals surface area (Å²) in [6, 6.07) is 2.22. The molecule has 4 nitrogen and oxygen atoms in total. The number of nitrogens with one attached hydrogen (secondary N) is 1. The molecule has 0 saturated heterocycles. The summed E-state index contributed by atoms with van der Waals surface area (Å²) in [5.41, 5.74) is -0.972. The molecule has 1 N–H and O–H groups in total. The molecule has 0 aliphatic carbocycles. The Hall–Kier alpha value is -1.37. The Morgan fingerprint density at radius 2 is 1.89 bits per heavy atom. The van der Waals surface area contributed by atoms with Gasteiger partial charge in [0.2, 0.25) is 0 Å². The van der Waals surface area contributed by atoms with E-state index in [9.17, 15) is 13.2 Å². The van der Waals surface area contributed by atoms with E-state index in [1.54, 1.807) is 0 Å². The van der Waals surface area contributed by atoms with Gasteiger partial charge < -0.3 is 10.2 Å². The van der Waals surface area contributed by atoms with Gasteiger partial charge in [-0.25, -0.2) is 0 Å². The molecule has 1 aromatic heterocycles. The smallest absolute Gasteiger partial charge is 0.369 e. The molecule has 0 unspecified atom stereocenters. The van der Waals surface area contributed by atoms with E-state index in [4.69, 9.17) is 0 Å². The zero-order valence-electron chi connectivity index (χ0n) is 10.5. The molecule has 1 rings (SSSR count). The quantitative estimate of drug-likeness (QED) is 0.798. The lowest BCUT2D eigenvalue weighted by atomic mass is 10.3. The Bertz CT molecular complexity index is 348. The number of nitrogens with zero attached hydrogens (tertiary/aromatic N) is 3. The van der Waals surface area contributed by atoms with Crippen LogP contribution in [0.1, 0.15) is 18.5 Å². The zero-order valence-corrected chi connectivity index (χ0v) is 10.5. The van der Waals surface area contributed by atoms with Gasteiger partial charge in [-0.1, -0.05) is 0 Å². The van der Waals surface area contributed by atoms with Crippen LogP contribution in [0.3, 0.4) is 0 Å². The largest absolute Gasteiger partial charge is 0.435 e. The van der Waals surface area contributed by atoms with Crippen LogP contribution in [-0.2, 0) is 6.18 Å². The van der Waals surface area contributed by atoms with E-state index in [0.717, 1.165) is 25.5 Å². The number of rotatable bonds is 6. The Labute approximate surface area is 104 Å². The number of unbranched alkanes of at least 4 members (excludes halogenated alkanes) is 1. The minimum absolute atomic E-state index is 0.368. The fourth-order valence-corrected chi connectivity index (χ4v) is 1.35. The molecule has 0 fully saturated rings.